The third-order valence-electron chi connectivity index (χ3n) is 3.25. The Morgan fingerprint density at radius 2 is 1.50 bits per heavy atom. The van der Waals surface area contributed by atoms with Crippen LogP contribution in [-0.4, -0.2) is 13.1 Å². The second-order valence-electron chi connectivity index (χ2n) is 4.71. The first kappa shape index (κ1) is 14.1. The van der Waals surface area contributed by atoms with Gasteiger partial charge in [-0.15, -0.1) is 0 Å². The summed E-state index contributed by atoms with van der Waals surface area (Å²) in [6.07, 6.45) is 0. The topological polar surface area (TPSA) is 46.6 Å². The SMILES string of the molecule is Cc1cccc(C)c1N([O-])C(=O)N(C)c1ccccc1. The lowest BCUT2D eigenvalue weighted by molar-refractivity contribution is 0.254. The fourth-order valence-corrected chi connectivity index (χ4v) is 2.12. The highest BCUT2D eigenvalue weighted by atomic mass is 16.5. The first-order chi connectivity index (χ1) is 9.52. The highest BCUT2D eigenvalue weighted by molar-refractivity contribution is 6.04. The number of nitrogens with zero attached hydrogens (tertiary/aromatic N) is 2. The molecule has 4 heteroatoms. The van der Waals surface area contributed by atoms with Gasteiger partial charge < -0.3 is 10.3 Å². The van der Waals surface area contributed by atoms with E-state index in [1.807, 2.05) is 50.2 Å². The number of para-hydroxylation sites is 2. The van der Waals surface area contributed by atoms with Crippen molar-refractivity contribution in [2.45, 2.75) is 13.8 Å². The van der Waals surface area contributed by atoms with E-state index in [9.17, 15) is 10.0 Å². The largest absolute Gasteiger partial charge is 0.750 e. The monoisotopic (exact) mass is 269 g/mol. The molecule has 104 valence electrons. The fraction of sp³-hybridized carbons (Fsp3) is 0.188. The number of anilines is 2. The number of carbonyl (C=O) groups excluding carboxylic acids is 1. The molecule has 0 bridgehead atoms. The van der Waals surface area contributed by atoms with Gasteiger partial charge in [0.1, 0.15) is 0 Å². The zero-order chi connectivity index (χ0) is 14.7. The number of amides is 2. The minimum Gasteiger partial charge on any atom is -0.750 e. The molecule has 0 radical (unpaired) electrons. The number of rotatable bonds is 2. The Hall–Kier alpha value is -2.33. The van der Waals surface area contributed by atoms with Crippen molar-refractivity contribution in [2.24, 2.45) is 0 Å². The first-order valence-electron chi connectivity index (χ1n) is 6.38. The molecular weight excluding hydrogens is 252 g/mol. The van der Waals surface area contributed by atoms with Crippen molar-refractivity contribution >= 4 is 17.4 Å². The van der Waals surface area contributed by atoms with Gasteiger partial charge in [0.15, 0.2) is 0 Å². The molecule has 0 aliphatic rings. The molecule has 2 aromatic rings. The Bertz CT molecular complexity index is 591. The number of hydroxylamine groups is 1. The second-order valence-corrected chi connectivity index (χ2v) is 4.71. The molecule has 0 aromatic heterocycles. The minimum absolute atomic E-state index is 0.417. The molecule has 0 fully saturated rings. The lowest BCUT2D eigenvalue weighted by atomic mass is 10.1. The molecular formula is C16H17N2O2-. The number of benzene rings is 2. The van der Waals surface area contributed by atoms with Gasteiger partial charge in [-0.25, -0.2) is 4.79 Å². The second kappa shape index (κ2) is 5.75. The number of aryl methyl sites for hydroxylation is 2. The van der Waals surface area contributed by atoms with Gasteiger partial charge in [0.25, 0.3) is 0 Å². The molecule has 0 spiro atoms. The third-order valence-corrected chi connectivity index (χ3v) is 3.25. The van der Waals surface area contributed by atoms with E-state index in [2.05, 4.69) is 0 Å². The zero-order valence-corrected chi connectivity index (χ0v) is 11.8. The summed E-state index contributed by atoms with van der Waals surface area (Å²) >= 11 is 0. The van der Waals surface area contributed by atoms with Crippen LogP contribution in [-0.2, 0) is 0 Å². The lowest BCUT2D eigenvalue weighted by Crippen LogP contribution is -2.38. The van der Waals surface area contributed by atoms with E-state index in [-0.39, 0.29) is 0 Å². The van der Waals surface area contributed by atoms with Crippen LogP contribution in [0.4, 0.5) is 16.2 Å². The van der Waals surface area contributed by atoms with E-state index in [0.717, 1.165) is 11.1 Å². The molecule has 0 aliphatic carbocycles. The van der Waals surface area contributed by atoms with Gasteiger partial charge in [-0.05, 0) is 37.1 Å². The van der Waals surface area contributed by atoms with Crippen LogP contribution in [0.1, 0.15) is 11.1 Å². The van der Waals surface area contributed by atoms with Gasteiger partial charge in [0.2, 0.25) is 0 Å². The van der Waals surface area contributed by atoms with Crippen molar-refractivity contribution in [3.8, 4) is 0 Å². The van der Waals surface area contributed by atoms with Crippen LogP contribution in [0.5, 0.6) is 0 Å². The van der Waals surface area contributed by atoms with Crippen LogP contribution in [0.15, 0.2) is 48.5 Å². The Balaban J connectivity index is 2.29. The van der Waals surface area contributed by atoms with Crippen molar-refractivity contribution in [1.82, 2.24) is 0 Å². The summed E-state index contributed by atoms with van der Waals surface area (Å²) in [6.45, 7) is 3.64. The van der Waals surface area contributed by atoms with Gasteiger partial charge in [-0.3, -0.25) is 4.90 Å². The smallest absolute Gasteiger partial charge is 0.318 e. The normalized spacial score (nSPS) is 10.2. The highest BCUT2D eigenvalue weighted by Crippen LogP contribution is 2.25. The van der Waals surface area contributed by atoms with Crippen molar-refractivity contribution < 1.29 is 4.79 Å². The van der Waals surface area contributed by atoms with Crippen LogP contribution in [0, 0.1) is 19.1 Å². The number of hydrogen-bond acceptors (Lipinski definition) is 2. The maximum absolute atomic E-state index is 12.3. The van der Waals surface area contributed by atoms with Gasteiger partial charge in [-0.1, -0.05) is 36.4 Å². The van der Waals surface area contributed by atoms with Crippen molar-refractivity contribution in [3.63, 3.8) is 0 Å². The zero-order valence-electron chi connectivity index (χ0n) is 11.8. The molecule has 0 atom stereocenters. The molecule has 20 heavy (non-hydrogen) atoms. The van der Waals surface area contributed by atoms with Gasteiger partial charge in [-0.2, -0.15) is 0 Å². The van der Waals surface area contributed by atoms with Crippen molar-refractivity contribution in [3.05, 3.63) is 64.9 Å². The maximum Gasteiger partial charge on any atom is 0.318 e. The molecule has 0 N–H and O–H groups in total. The molecule has 2 aromatic carbocycles. The van der Waals surface area contributed by atoms with E-state index in [0.29, 0.717) is 16.4 Å². The molecule has 0 heterocycles. The number of carbonyl (C=O) groups is 1. The molecule has 2 rings (SSSR count). The quantitative estimate of drug-likeness (QED) is 0.777. The summed E-state index contributed by atoms with van der Waals surface area (Å²) < 4.78 is 0. The van der Waals surface area contributed by atoms with E-state index in [4.69, 9.17) is 0 Å². The summed E-state index contributed by atoms with van der Waals surface area (Å²) in [7, 11) is 1.59. The highest BCUT2D eigenvalue weighted by Gasteiger charge is 2.16. The Kier molecular flexibility index (Phi) is 4.05. The Labute approximate surface area is 118 Å². The summed E-state index contributed by atoms with van der Waals surface area (Å²) in [4.78, 5) is 13.6. The summed E-state index contributed by atoms with van der Waals surface area (Å²) in [6, 6.07) is 14.0. The first-order valence-corrected chi connectivity index (χ1v) is 6.38. The summed E-state index contributed by atoms with van der Waals surface area (Å²) in [5.74, 6) is 0. The van der Waals surface area contributed by atoms with E-state index in [1.165, 1.54) is 4.90 Å². The third kappa shape index (κ3) is 2.65. The predicted molar refractivity (Wildman–Crippen MR) is 82.0 cm³/mol. The molecule has 0 saturated heterocycles. The number of urea groups is 1. The van der Waals surface area contributed by atoms with Crippen LogP contribution < -0.4 is 9.96 Å². The number of hydrogen-bond donors (Lipinski definition) is 0. The Morgan fingerprint density at radius 3 is 2.05 bits per heavy atom. The van der Waals surface area contributed by atoms with Crippen LogP contribution in [0.3, 0.4) is 0 Å². The van der Waals surface area contributed by atoms with Gasteiger partial charge >= 0.3 is 6.03 Å². The molecule has 2 amide bonds. The van der Waals surface area contributed by atoms with Crippen LogP contribution in [0.25, 0.3) is 0 Å². The molecule has 0 unspecified atom stereocenters. The summed E-state index contributed by atoms with van der Waals surface area (Å²) in [5, 5.41) is 12.8. The van der Waals surface area contributed by atoms with E-state index < -0.39 is 6.03 Å². The molecule has 4 nitrogen and oxygen atoms in total. The molecule has 0 aliphatic heterocycles. The average molecular weight is 269 g/mol. The standard InChI is InChI=1S/C16H17N2O2/c1-12-8-7-9-13(2)15(12)18(20)16(19)17(3)14-10-5-4-6-11-14/h4-11H,1-3H3/q-1. The Morgan fingerprint density at radius 1 is 0.950 bits per heavy atom. The van der Waals surface area contributed by atoms with Crippen molar-refractivity contribution in [1.29, 1.82) is 0 Å². The fourth-order valence-electron chi connectivity index (χ4n) is 2.12. The molecule has 0 saturated carbocycles. The minimum atomic E-state index is -0.603. The van der Waals surface area contributed by atoms with E-state index in [1.54, 1.807) is 19.2 Å². The van der Waals surface area contributed by atoms with Crippen LogP contribution in [0.2, 0.25) is 0 Å². The van der Waals surface area contributed by atoms with Gasteiger partial charge in [0, 0.05) is 18.4 Å². The summed E-state index contributed by atoms with van der Waals surface area (Å²) in [5.41, 5.74) is 2.68. The van der Waals surface area contributed by atoms with E-state index >= 15 is 0 Å². The lowest BCUT2D eigenvalue weighted by Gasteiger charge is -2.35. The maximum atomic E-state index is 12.3. The van der Waals surface area contributed by atoms with Gasteiger partial charge in [0.05, 0.1) is 0 Å². The average Bonchev–Trinajstić information content (AvgIpc) is 2.46. The van der Waals surface area contributed by atoms with Crippen molar-refractivity contribution in [2.75, 3.05) is 17.0 Å². The predicted octanol–water partition coefficient (Wildman–Crippen LogP) is 3.86. The van der Waals surface area contributed by atoms with Crippen LogP contribution >= 0.6 is 0 Å².